The molecule has 3 nitrogen and oxygen atoms in total. The lowest BCUT2D eigenvalue weighted by Gasteiger charge is -2.11. The molecule has 1 heterocycles. The fraction of sp³-hybridized carbons (Fsp3) is 0.118. The maximum Gasteiger partial charge on any atom is 0.144 e. The molecule has 1 aromatic heterocycles. The number of hydrogen-bond acceptors (Lipinski definition) is 2. The summed E-state index contributed by atoms with van der Waals surface area (Å²) in [6.07, 6.45) is 3.81. The Morgan fingerprint density at radius 1 is 1.10 bits per heavy atom. The Bertz CT molecular complexity index is 714. The van der Waals surface area contributed by atoms with E-state index in [0.29, 0.717) is 6.54 Å². The minimum Gasteiger partial charge on any atom is -0.326 e. The van der Waals surface area contributed by atoms with Gasteiger partial charge in [0.15, 0.2) is 0 Å². The van der Waals surface area contributed by atoms with Crippen molar-refractivity contribution >= 4 is 0 Å². The number of benzene rings is 2. The summed E-state index contributed by atoms with van der Waals surface area (Å²) in [5.41, 5.74) is 10.3. The van der Waals surface area contributed by atoms with Crippen molar-refractivity contribution in [3.05, 3.63) is 72.1 Å². The van der Waals surface area contributed by atoms with Crippen LogP contribution in [0.2, 0.25) is 0 Å². The quantitative estimate of drug-likeness (QED) is 0.788. The van der Waals surface area contributed by atoms with Gasteiger partial charge < -0.3 is 5.73 Å². The highest BCUT2D eigenvalue weighted by Crippen LogP contribution is 2.22. The van der Waals surface area contributed by atoms with E-state index in [2.05, 4.69) is 46.8 Å². The lowest BCUT2D eigenvalue weighted by molar-refractivity contribution is 1.02. The number of rotatable bonds is 3. The maximum absolute atomic E-state index is 5.72. The zero-order chi connectivity index (χ0) is 13.9. The highest BCUT2D eigenvalue weighted by Gasteiger charge is 2.08. The first-order valence-corrected chi connectivity index (χ1v) is 6.68. The van der Waals surface area contributed by atoms with Crippen molar-refractivity contribution in [1.29, 1.82) is 0 Å². The van der Waals surface area contributed by atoms with Crippen molar-refractivity contribution in [2.45, 2.75) is 13.5 Å². The third-order valence-corrected chi connectivity index (χ3v) is 3.50. The van der Waals surface area contributed by atoms with E-state index < -0.39 is 0 Å². The van der Waals surface area contributed by atoms with E-state index in [9.17, 15) is 0 Å². The Kier molecular flexibility index (Phi) is 3.35. The van der Waals surface area contributed by atoms with Gasteiger partial charge >= 0.3 is 0 Å². The van der Waals surface area contributed by atoms with E-state index in [-0.39, 0.29) is 0 Å². The first kappa shape index (κ1) is 12.6. The molecule has 0 fully saturated rings. The fourth-order valence-corrected chi connectivity index (χ4v) is 2.37. The van der Waals surface area contributed by atoms with Crippen LogP contribution in [0, 0.1) is 6.92 Å². The van der Waals surface area contributed by atoms with Gasteiger partial charge in [-0.3, -0.25) is 4.57 Å². The molecule has 3 rings (SSSR count). The second-order valence-electron chi connectivity index (χ2n) is 4.80. The van der Waals surface area contributed by atoms with Crippen LogP contribution in [0.15, 0.2) is 60.9 Å². The first-order chi connectivity index (χ1) is 9.79. The lowest BCUT2D eigenvalue weighted by atomic mass is 10.1. The number of nitrogens with zero attached hydrogens (tertiary/aromatic N) is 2. The molecule has 3 heteroatoms. The van der Waals surface area contributed by atoms with Crippen molar-refractivity contribution in [3.8, 4) is 17.1 Å². The highest BCUT2D eigenvalue weighted by atomic mass is 15.1. The Labute approximate surface area is 118 Å². The molecule has 100 valence electrons. The molecular weight excluding hydrogens is 246 g/mol. The summed E-state index contributed by atoms with van der Waals surface area (Å²) < 4.78 is 2.10. The molecule has 3 aromatic rings. The molecule has 20 heavy (non-hydrogen) atoms. The van der Waals surface area contributed by atoms with Crippen molar-refractivity contribution < 1.29 is 0 Å². The van der Waals surface area contributed by atoms with E-state index in [4.69, 9.17) is 5.73 Å². The lowest BCUT2D eigenvalue weighted by Crippen LogP contribution is -2.02. The number of aromatic nitrogens is 2. The largest absolute Gasteiger partial charge is 0.326 e. The predicted octanol–water partition coefficient (Wildman–Crippen LogP) is 3.31. The van der Waals surface area contributed by atoms with Crippen molar-refractivity contribution in [1.82, 2.24) is 9.55 Å². The average Bonchev–Trinajstić information content (AvgIpc) is 2.97. The van der Waals surface area contributed by atoms with E-state index in [0.717, 1.165) is 17.1 Å². The normalized spacial score (nSPS) is 10.7. The molecule has 0 radical (unpaired) electrons. The summed E-state index contributed by atoms with van der Waals surface area (Å²) in [6, 6.07) is 16.5. The fourth-order valence-electron chi connectivity index (χ4n) is 2.37. The Balaban J connectivity index is 2.08. The van der Waals surface area contributed by atoms with Crippen LogP contribution in [0.4, 0.5) is 0 Å². The van der Waals surface area contributed by atoms with Gasteiger partial charge in [0.1, 0.15) is 5.82 Å². The van der Waals surface area contributed by atoms with Gasteiger partial charge in [-0.15, -0.1) is 0 Å². The van der Waals surface area contributed by atoms with Gasteiger partial charge in [0, 0.05) is 30.2 Å². The molecule has 2 N–H and O–H groups in total. The molecule has 0 spiro atoms. The number of aryl methyl sites for hydroxylation is 1. The van der Waals surface area contributed by atoms with Crippen molar-refractivity contribution in [2.75, 3.05) is 0 Å². The zero-order valence-electron chi connectivity index (χ0n) is 11.5. The summed E-state index contributed by atoms with van der Waals surface area (Å²) >= 11 is 0. The highest BCUT2D eigenvalue weighted by molar-refractivity contribution is 5.59. The molecule has 0 atom stereocenters. The van der Waals surface area contributed by atoms with Gasteiger partial charge in [-0.05, 0) is 30.2 Å². The van der Waals surface area contributed by atoms with Gasteiger partial charge in [0.05, 0.1) is 0 Å². The molecule has 0 aliphatic rings. The second-order valence-corrected chi connectivity index (χ2v) is 4.80. The van der Waals surface area contributed by atoms with Crippen LogP contribution in [-0.4, -0.2) is 9.55 Å². The van der Waals surface area contributed by atoms with E-state index >= 15 is 0 Å². The molecule has 2 aromatic carbocycles. The molecule has 0 aliphatic carbocycles. The molecular formula is C17H17N3. The van der Waals surface area contributed by atoms with Crippen LogP contribution in [0.5, 0.6) is 0 Å². The molecule has 0 bridgehead atoms. The van der Waals surface area contributed by atoms with Crippen LogP contribution in [0.3, 0.4) is 0 Å². The minimum absolute atomic E-state index is 0.571. The van der Waals surface area contributed by atoms with Gasteiger partial charge in [0.25, 0.3) is 0 Å². The average molecular weight is 263 g/mol. The third kappa shape index (κ3) is 2.24. The Hall–Kier alpha value is -2.39. The molecule has 0 unspecified atom stereocenters. The monoisotopic (exact) mass is 263 g/mol. The van der Waals surface area contributed by atoms with E-state index in [1.54, 1.807) is 0 Å². The summed E-state index contributed by atoms with van der Waals surface area (Å²) in [6.45, 7) is 2.66. The number of nitrogens with two attached hydrogens (primary N) is 1. The minimum atomic E-state index is 0.571. The molecule has 0 aliphatic heterocycles. The van der Waals surface area contributed by atoms with Crippen LogP contribution < -0.4 is 5.73 Å². The maximum atomic E-state index is 5.72. The van der Waals surface area contributed by atoms with Gasteiger partial charge in [-0.2, -0.15) is 0 Å². The van der Waals surface area contributed by atoms with Crippen molar-refractivity contribution in [3.63, 3.8) is 0 Å². The van der Waals surface area contributed by atoms with Crippen LogP contribution >= 0.6 is 0 Å². The SMILES string of the molecule is Cc1cc(-n2ccnc2-c2ccccc2)ccc1CN. The standard InChI is InChI=1S/C17H17N3/c1-13-11-16(8-7-15(13)12-18)20-10-9-19-17(20)14-5-3-2-4-6-14/h2-11H,12,18H2,1H3. The Morgan fingerprint density at radius 3 is 2.60 bits per heavy atom. The zero-order valence-corrected chi connectivity index (χ0v) is 11.5. The van der Waals surface area contributed by atoms with Gasteiger partial charge in [0.2, 0.25) is 0 Å². The van der Waals surface area contributed by atoms with Crippen LogP contribution in [-0.2, 0) is 6.54 Å². The van der Waals surface area contributed by atoms with E-state index in [1.165, 1.54) is 11.1 Å². The summed E-state index contributed by atoms with van der Waals surface area (Å²) in [5, 5.41) is 0. The second kappa shape index (κ2) is 5.31. The summed E-state index contributed by atoms with van der Waals surface area (Å²) in [5.74, 6) is 0.950. The number of imidazole rings is 1. The molecule has 0 saturated heterocycles. The van der Waals surface area contributed by atoms with Crippen LogP contribution in [0.25, 0.3) is 17.1 Å². The molecule has 0 amide bonds. The predicted molar refractivity (Wildman–Crippen MR) is 81.6 cm³/mol. The summed E-state index contributed by atoms with van der Waals surface area (Å²) in [4.78, 5) is 4.47. The summed E-state index contributed by atoms with van der Waals surface area (Å²) in [7, 11) is 0. The smallest absolute Gasteiger partial charge is 0.144 e. The topological polar surface area (TPSA) is 43.8 Å². The Morgan fingerprint density at radius 2 is 1.90 bits per heavy atom. The molecule has 0 saturated carbocycles. The van der Waals surface area contributed by atoms with Gasteiger partial charge in [-0.1, -0.05) is 36.4 Å². The van der Waals surface area contributed by atoms with Gasteiger partial charge in [-0.25, -0.2) is 4.98 Å². The number of hydrogen-bond donors (Lipinski definition) is 1. The van der Waals surface area contributed by atoms with Crippen LogP contribution in [0.1, 0.15) is 11.1 Å². The first-order valence-electron chi connectivity index (χ1n) is 6.68. The van der Waals surface area contributed by atoms with Crippen molar-refractivity contribution in [2.24, 2.45) is 5.73 Å². The third-order valence-electron chi connectivity index (χ3n) is 3.50. The van der Waals surface area contributed by atoms with E-state index in [1.807, 2.05) is 30.6 Å².